The van der Waals surface area contributed by atoms with Gasteiger partial charge in [-0.15, -0.1) is 0 Å². The number of ether oxygens (including phenoxy) is 1. The molecule has 186 valence electrons. The monoisotopic (exact) mass is 458 g/mol. The lowest BCUT2D eigenvalue weighted by Crippen LogP contribution is -2.49. The highest BCUT2D eigenvalue weighted by molar-refractivity contribution is 6.18. The highest BCUT2D eigenvalue weighted by atomic mass is 16.5. The molecule has 0 aliphatic heterocycles. The van der Waals surface area contributed by atoms with Gasteiger partial charge < -0.3 is 9.84 Å². The van der Waals surface area contributed by atoms with Crippen LogP contribution in [-0.4, -0.2) is 29.1 Å². The molecule has 8 atom stereocenters. The number of hydrogen-bond acceptors (Lipinski definition) is 4. The fraction of sp³-hybridized carbons (Fsp3) is 0.862. The molecule has 0 amide bonds. The van der Waals surface area contributed by atoms with Gasteiger partial charge in [0.1, 0.15) is 0 Å². The third-order valence-corrected chi connectivity index (χ3v) is 10.5. The van der Waals surface area contributed by atoms with Crippen LogP contribution in [0.25, 0.3) is 0 Å². The van der Waals surface area contributed by atoms with E-state index in [1.54, 1.807) is 6.92 Å². The second-order valence-electron chi connectivity index (χ2n) is 12.8. The number of fused-ring (bicyclic) bond motifs is 5. The van der Waals surface area contributed by atoms with E-state index >= 15 is 0 Å². The van der Waals surface area contributed by atoms with E-state index in [0.29, 0.717) is 28.7 Å². The van der Waals surface area contributed by atoms with E-state index < -0.39 is 22.8 Å². The number of rotatable bonds is 7. The van der Waals surface area contributed by atoms with Crippen molar-refractivity contribution in [2.45, 2.75) is 105 Å². The molecule has 4 nitrogen and oxygen atoms in total. The van der Waals surface area contributed by atoms with Gasteiger partial charge in [-0.25, -0.2) is 4.79 Å². The minimum atomic E-state index is -2.00. The van der Waals surface area contributed by atoms with Crippen molar-refractivity contribution in [1.82, 2.24) is 0 Å². The molecule has 0 spiro atoms. The predicted octanol–water partition coefficient (Wildman–Crippen LogP) is 6.11. The maximum Gasteiger partial charge on any atom is 0.346 e. The first kappa shape index (κ1) is 24.9. The van der Waals surface area contributed by atoms with Crippen molar-refractivity contribution in [3.63, 3.8) is 0 Å². The fourth-order valence-electron chi connectivity index (χ4n) is 8.95. The van der Waals surface area contributed by atoms with Crippen LogP contribution in [0.5, 0.6) is 0 Å². The van der Waals surface area contributed by atoms with E-state index in [1.807, 2.05) is 0 Å². The van der Waals surface area contributed by atoms with E-state index in [0.717, 1.165) is 30.6 Å². The van der Waals surface area contributed by atoms with Crippen molar-refractivity contribution in [1.29, 1.82) is 0 Å². The Bertz CT molecular complexity index is 814. The zero-order valence-electron chi connectivity index (χ0n) is 21.8. The zero-order chi connectivity index (χ0) is 24.2. The summed E-state index contributed by atoms with van der Waals surface area (Å²) in [5.74, 6) is 2.75. The first-order valence-corrected chi connectivity index (χ1v) is 13.6. The van der Waals surface area contributed by atoms with Gasteiger partial charge in [0.05, 0.1) is 6.61 Å². The molecule has 4 aliphatic rings. The summed E-state index contributed by atoms with van der Waals surface area (Å²) in [7, 11) is 0. The number of esters is 1. The normalized spacial score (nSPS) is 43.0. The molecule has 4 heteroatoms. The maximum atomic E-state index is 13.2. The van der Waals surface area contributed by atoms with Crippen LogP contribution in [0.4, 0.5) is 0 Å². The number of ketones is 1. The minimum Gasteiger partial charge on any atom is -0.464 e. The van der Waals surface area contributed by atoms with Crippen LogP contribution in [0.15, 0.2) is 11.6 Å². The van der Waals surface area contributed by atoms with Gasteiger partial charge in [0, 0.05) is 17.4 Å². The van der Waals surface area contributed by atoms with Crippen molar-refractivity contribution in [2.75, 3.05) is 6.61 Å². The Morgan fingerprint density at radius 1 is 1.15 bits per heavy atom. The minimum absolute atomic E-state index is 0.174. The predicted molar refractivity (Wildman–Crippen MR) is 130 cm³/mol. The van der Waals surface area contributed by atoms with E-state index in [1.165, 1.54) is 38.5 Å². The lowest BCUT2D eigenvalue weighted by atomic mass is 9.49. The van der Waals surface area contributed by atoms with Gasteiger partial charge in [-0.1, -0.05) is 60.0 Å². The highest BCUT2D eigenvalue weighted by Crippen LogP contribution is 2.68. The molecule has 0 aromatic heterocycles. The number of Topliss-reactive ketones (excluding diaryl/α,β-unsaturated/α-hetero) is 1. The molecule has 3 fully saturated rings. The van der Waals surface area contributed by atoms with E-state index in [-0.39, 0.29) is 13.0 Å². The molecule has 4 rings (SSSR count). The summed E-state index contributed by atoms with van der Waals surface area (Å²) in [6.07, 6.45) is 12.1. The summed E-state index contributed by atoms with van der Waals surface area (Å²) in [6, 6.07) is 0. The quantitative estimate of drug-likeness (QED) is 0.369. The molecule has 0 aromatic carbocycles. The third kappa shape index (κ3) is 3.83. The number of allylic oxidation sites excluding steroid dienone is 1. The molecule has 3 saturated carbocycles. The molecular weight excluding hydrogens is 412 g/mol. The van der Waals surface area contributed by atoms with Gasteiger partial charge >= 0.3 is 5.97 Å². The summed E-state index contributed by atoms with van der Waals surface area (Å²) in [5.41, 5.74) is -1.36. The van der Waals surface area contributed by atoms with Gasteiger partial charge in [0.2, 0.25) is 11.4 Å². The average molecular weight is 459 g/mol. The number of aliphatic hydroxyl groups is 1. The Morgan fingerprint density at radius 3 is 2.55 bits per heavy atom. The first-order chi connectivity index (χ1) is 15.5. The van der Waals surface area contributed by atoms with Gasteiger partial charge in [-0.2, -0.15) is 0 Å². The SMILES string of the molecule is CCOC(=O)[C@]1(O)C[C@@]2(C)C(=CC[C@H]3[C@@H]4CC[C@H]([C@H](C)CCCC(C)C)[C@@]4(C)CC[C@@H]32)C1=O. The van der Waals surface area contributed by atoms with Crippen LogP contribution in [0.3, 0.4) is 0 Å². The molecule has 0 unspecified atom stereocenters. The van der Waals surface area contributed by atoms with Crippen molar-refractivity contribution in [3.05, 3.63) is 11.6 Å². The number of hydrogen-bond donors (Lipinski definition) is 1. The topological polar surface area (TPSA) is 63.6 Å². The van der Waals surface area contributed by atoms with Crippen LogP contribution in [0.2, 0.25) is 0 Å². The number of carbonyl (C=O) groups is 2. The van der Waals surface area contributed by atoms with Crippen LogP contribution in [0.1, 0.15) is 99.3 Å². The Hall–Kier alpha value is -1.16. The largest absolute Gasteiger partial charge is 0.464 e. The molecule has 0 aromatic rings. The van der Waals surface area contributed by atoms with Crippen LogP contribution in [-0.2, 0) is 14.3 Å². The van der Waals surface area contributed by atoms with Crippen LogP contribution in [0, 0.1) is 46.3 Å². The second-order valence-corrected chi connectivity index (χ2v) is 12.8. The third-order valence-electron chi connectivity index (χ3n) is 10.5. The first-order valence-electron chi connectivity index (χ1n) is 13.6. The van der Waals surface area contributed by atoms with Crippen LogP contribution < -0.4 is 0 Å². The van der Waals surface area contributed by atoms with E-state index in [9.17, 15) is 14.7 Å². The van der Waals surface area contributed by atoms with Crippen molar-refractivity contribution < 1.29 is 19.4 Å². The highest BCUT2D eigenvalue weighted by Gasteiger charge is 2.67. The summed E-state index contributed by atoms with van der Waals surface area (Å²) in [6.45, 7) is 13.7. The van der Waals surface area contributed by atoms with E-state index in [2.05, 4.69) is 40.7 Å². The standard InChI is InChI=1S/C29H46O4/c1-7-33-26(31)29(32)17-28(6)23-15-16-27(5)21(19(4)10-8-9-18(2)3)13-14-22(27)20(23)11-12-24(28)25(29)30/h12,18-23,32H,7-11,13-17H2,1-6H3/t19-,20+,21-,22+,23+,27-,28-,29+/m1/s1. The van der Waals surface area contributed by atoms with E-state index in [4.69, 9.17) is 4.74 Å². The molecule has 33 heavy (non-hydrogen) atoms. The van der Waals surface area contributed by atoms with Gasteiger partial charge in [0.25, 0.3) is 0 Å². The van der Waals surface area contributed by atoms with Crippen molar-refractivity contribution in [2.24, 2.45) is 46.3 Å². The molecule has 0 radical (unpaired) electrons. The molecule has 0 heterocycles. The molecular formula is C29H46O4. The Labute approximate surface area is 200 Å². The number of carbonyl (C=O) groups excluding carboxylic acids is 2. The lowest BCUT2D eigenvalue weighted by Gasteiger charge is -2.55. The van der Waals surface area contributed by atoms with Gasteiger partial charge in [-0.3, -0.25) is 4.79 Å². The lowest BCUT2D eigenvalue weighted by molar-refractivity contribution is -0.169. The summed E-state index contributed by atoms with van der Waals surface area (Å²) >= 11 is 0. The molecule has 4 aliphatic carbocycles. The van der Waals surface area contributed by atoms with Gasteiger partial charge in [-0.05, 0) is 80.0 Å². The average Bonchev–Trinajstić information content (AvgIpc) is 3.20. The second kappa shape index (κ2) is 8.81. The Kier molecular flexibility index (Phi) is 6.66. The summed E-state index contributed by atoms with van der Waals surface area (Å²) < 4.78 is 5.12. The molecule has 0 saturated heterocycles. The summed E-state index contributed by atoms with van der Waals surface area (Å²) in [4.78, 5) is 25.8. The fourth-order valence-corrected chi connectivity index (χ4v) is 8.95. The molecule has 0 bridgehead atoms. The van der Waals surface area contributed by atoms with Crippen molar-refractivity contribution in [3.8, 4) is 0 Å². The Balaban J connectivity index is 1.54. The van der Waals surface area contributed by atoms with Gasteiger partial charge in [0.15, 0.2) is 0 Å². The molecule has 1 N–H and O–H groups in total. The van der Waals surface area contributed by atoms with Crippen LogP contribution >= 0.6 is 0 Å². The zero-order valence-corrected chi connectivity index (χ0v) is 21.8. The maximum absolute atomic E-state index is 13.2. The van der Waals surface area contributed by atoms with Crippen molar-refractivity contribution >= 4 is 11.8 Å². The Morgan fingerprint density at radius 2 is 1.88 bits per heavy atom. The summed E-state index contributed by atoms with van der Waals surface area (Å²) in [5, 5.41) is 11.2. The smallest absolute Gasteiger partial charge is 0.346 e.